The van der Waals surface area contributed by atoms with Crippen molar-refractivity contribution in [3.63, 3.8) is 0 Å². The third kappa shape index (κ3) is 4.21. The second-order valence-electron chi connectivity index (χ2n) is 4.25. The molecule has 1 fully saturated rings. The molecule has 20 heavy (non-hydrogen) atoms. The molecule has 5 atom stereocenters. The maximum atomic E-state index is 13.9. The highest BCUT2D eigenvalue weighted by Gasteiger charge is 2.45. The Kier molecular flexibility index (Phi) is 6.85. The third-order valence-electron chi connectivity index (χ3n) is 2.89. The number of benzene rings is 1. The highest BCUT2D eigenvalue weighted by molar-refractivity contribution is 14.2. The molecule has 0 aromatic heterocycles. The van der Waals surface area contributed by atoms with Crippen molar-refractivity contribution in [2.24, 2.45) is 0 Å². The zero-order valence-electron chi connectivity index (χ0n) is 10.3. The minimum absolute atomic E-state index is 0.0633. The zero-order chi connectivity index (χ0) is 14.5. The SMILES string of the molecule is O[C@@H]1[C@@H](F)[C@H](O)[C@@H](COSI)O[C@H]1Sc1ccccc1. The molecule has 0 amide bonds. The Morgan fingerprint density at radius 3 is 2.60 bits per heavy atom. The Hall–Kier alpha value is 0.420. The molecule has 112 valence electrons. The van der Waals surface area contributed by atoms with Gasteiger partial charge in [0, 0.05) is 26.1 Å². The fraction of sp³-hybridized carbons (Fsp3) is 0.500. The van der Waals surface area contributed by atoms with Crippen molar-refractivity contribution in [1.82, 2.24) is 0 Å². The fourth-order valence-corrected chi connectivity index (χ4v) is 3.55. The lowest BCUT2D eigenvalue weighted by Crippen LogP contribution is -2.55. The Morgan fingerprint density at radius 2 is 1.95 bits per heavy atom. The molecule has 4 nitrogen and oxygen atoms in total. The molecule has 2 N–H and O–H groups in total. The van der Waals surface area contributed by atoms with E-state index >= 15 is 0 Å². The van der Waals surface area contributed by atoms with E-state index in [1.165, 1.54) is 11.8 Å². The Balaban J connectivity index is 2.03. The first-order valence-corrected chi connectivity index (χ1v) is 10.1. The van der Waals surface area contributed by atoms with Gasteiger partial charge in [0.15, 0.2) is 6.17 Å². The summed E-state index contributed by atoms with van der Waals surface area (Å²) in [6.45, 7) is 0.0633. The molecular formula is C12H14FIO4S2. The summed E-state index contributed by atoms with van der Waals surface area (Å²) in [5.41, 5.74) is -0.774. The topological polar surface area (TPSA) is 58.9 Å². The van der Waals surface area contributed by atoms with E-state index in [0.29, 0.717) is 0 Å². The van der Waals surface area contributed by atoms with Crippen LogP contribution in [0.3, 0.4) is 0 Å². The average Bonchev–Trinajstić information content (AvgIpc) is 2.48. The Labute approximate surface area is 137 Å². The van der Waals surface area contributed by atoms with Gasteiger partial charge in [-0.15, -0.1) is 0 Å². The molecule has 1 heterocycles. The van der Waals surface area contributed by atoms with Crippen molar-refractivity contribution in [2.75, 3.05) is 6.61 Å². The van der Waals surface area contributed by atoms with Gasteiger partial charge in [0.2, 0.25) is 0 Å². The number of ether oxygens (including phenoxy) is 1. The number of hydrogen-bond acceptors (Lipinski definition) is 6. The van der Waals surface area contributed by atoms with E-state index in [4.69, 9.17) is 8.92 Å². The molecule has 0 aliphatic carbocycles. The molecule has 1 aliphatic rings. The number of rotatable bonds is 5. The van der Waals surface area contributed by atoms with Gasteiger partial charge in [-0.05, 0) is 12.1 Å². The molecule has 0 saturated carbocycles. The van der Waals surface area contributed by atoms with Gasteiger partial charge in [-0.3, -0.25) is 0 Å². The predicted molar refractivity (Wildman–Crippen MR) is 85.4 cm³/mol. The van der Waals surface area contributed by atoms with Crippen LogP contribution in [0.2, 0.25) is 0 Å². The summed E-state index contributed by atoms with van der Waals surface area (Å²) in [5, 5.41) is 19.6. The number of thioether (sulfide) groups is 1. The van der Waals surface area contributed by atoms with Crippen LogP contribution in [0.5, 0.6) is 0 Å². The standard InChI is InChI=1S/C12H14FIO4S2/c13-9-10(15)8(6-17-20-14)18-12(11(9)16)19-7-4-2-1-3-5-7/h1-5,8-12,15-16H,6H2/t8-,9+,10-,11-,12+/m1/s1. The molecule has 1 saturated heterocycles. The second-order valence-corrected chi connectivity index (χ2v) is 6.86. The van der Waals surface area contributed by atoms with Gasteiger partial charge >= 0.3 is 0 Å². The zero-order valence-corrected chi connectivity index (χ0v) is 14.1. The summed E-state index contributed by atoms with van der Waals surface area (Å²) in [6, 6.07) is 9.29. The number of halogens is 2. The van der Waals surface area contributed by atoms with Crippen molar-refractivity contribution in [2.45, 2.75) is 34.8 Å². The summed E-state index contributed by atoms with van der Waals surface area (Å²) in [5.74, 6) is 0. The first-order chi connectivity index (χ1) is 9.63. The van der Waals surface area contributed by atoms with Crippen LogP contribution in [-0.2, 0) is 8.92 Å². The summed E-state index contributed by atoms with van der Waals surface area (Å²) < 4.78 is 24.6. The number of aliphatic hydroxyl groups is 2. The number of hydrogen-bond donors (Lipinski definition) is 2. The van der Waals surface area contributed by atoms with Gasteiger partial charge in [0.05, 0.1) is 15.8 Å². The van der Waals surface area contributed by atoms with Crippen LogP contribution in [0.25, 0.3) is 0 Å². The summed E-state index contributed by atoms with van der Waals surface area (Å²) in [7, 11) is 1.09. The van der Waals surface area contributed by atoms with Crippen LogP contribution >= 0.6 is 42.2 Å². The average molecular weight is 432 g/mol. The minimum Gasteiger partial charge on any atom is -0.387 e. The molecule has 1 aliphatic heterocycles. The lowest BCUT2D eigenvalue weighted by Gasteiger charge is -2.38. The van der Waals surface area contributed by atoms with Gasteiger partial charge in [0.1, 0.15) is 23.7 Å². The molecule has 0 spiro atoms. The van der Waals surface area contributed by atoms with Gasteiger partial charge in [-0.25, -0.2) is 4.39 Å². The lowest BCUT2D eigenvalue weighted by molar-refractivity contribution is -0.183. The monoisotopic (exact) mass is 432 g/mol. The molecule has 0 bridgehead atoms. The van der Waals surface area contributed by atoms with Gasteiger partial charge < -0.3 is 19.1 Å². The smallest absolute Gasteiger partial charge is 0.158 e. The van der Waals surface area contributed by atoms with Gasteiger partial charge in [0.25, 0.3) is 0 Å². The van der Waals surface area contributed by atoms with E-state index in [0.717, 1.165) is 14.1 Å². The van der Waals surface area contributed by atoms with Crippen LogP contribution in [0, 0.1) is 0 Å². The fourth-order valence-electron chi connectivity index (χ4n) is 1.85. The third-order valence-corrected chi connectivity index (χ3v) is 5.05. The van der Waals surface area contributed by atoms with Crippen molar-refractivity contribution < 1.29 is 23.5 Å². The van der Waals surface area contributed by atoms with Crippen LogP contribution < -0.4 is 0 Å². The highest BCUT2D eigenvalue weighted by atomic mass is 127. The van der Waals surface area contributed by atoms with E-state index in [2.05, 4.69) is 0 Å². The quantitative estimate of drug-likeness (QED) is 0.551. The van der Waals surface area contributed by atoms with Crippen LogP contribution in [0.4, 0.5) is 4.39 Å². The van der Waals surface area contributed by atoms with E-state index in [9.17, 15) is 14.6 Å². The van der Waals surface area contributed by atoms with Crippen molar-refractivity contribution in [1.29, 1.82) is 0 Å². The Bertz CT molecular complexity index is 414. The maximum absolute atomic E-state index is 13.9. The largest absolute Gasteiger partial charge is 0.387 e. The molecule has 0 radical (unpaired) electrons. The molecular weight excluding hydrogens is 418 g/mol. The van der Waals surface area contributed by atoms with Crippen LogP contribution in [0.15, 0.2) is 35.2 Å². The predicted octanol–water partition coefficient (Wildman–Crippen LogP) is 2.58. The van der Waals surface area contributed by atoms with Crippen LogP contribution in [-0.4, -0.2) is 46.7 Å². The van der Waals surface area contributed by atoms with Crippen LogP contribution in [0.1, 0.15) is 0 Å². The molecule has 8 heteroatoms. The van der Waals surface area contributed by atoms with Gasteiger partial charge in [-0.1, -0.05) is 30.0 Å². The Morgan fingerprint density at radius 1 is 1.25 bits per heavy atom. The number of alkyl halides is 1. The molecule has 2 rings (SSSR count). The highest BCUT2D eigenvalue weighted by Crippen LogP contribution is 2.34. The summed E-state index contributed by atoms with van der Waals surface area (Å²) in [4.78, 5) is 0.864. The van der Waals surface area contributed by atoms with Crippen molar-refractivity contribution >= 4 is 42.2 Å². The van der Waals surface area contributed by atoms with E-state index < -0.39 is 29.9 Å². The maximum Gasteiger partial charge on any atom is 0.158 e. The summed E-state index contributed by atoms with van der Waals surface area (Å²) in [6.07, 6.45) is -5.31. The van der Waals surface area contributed by atoms with Gasteiger partial charge in [-0.2, -0.15) is 0 Å². The van der Waals surface area contributed by atoms with E-state index in [-0.39, 0.29) is 6.61 Å². The van der Waals surface area contributed by atoms with E-state index in [1.54, 1.807) is 0 Å². The molecule has 1 aromatic rings. The minimum atomic E-state index is -1.75. The first-order valence-electron chi connectivity index (χ1n) is 5.91. The molecule has 1 aromatic carbocycles. The number of aliphatic hydroxyl groups excluding tert-OH is 2. The van der Waals surface area contributed by atoms with Crippen molar-refractivity contribution in [3.05, 3.63) is 30.3 Å². The lowest BCUT2D eigenvalue weighted by atomic mass is 10.0. The molecule has 0 unspecified atom stereocenters. The normalized spacial score (nSPS) is 34.1. The second kappa shape index (κ2) is 8.16. The first kappa shape index (κ1) is 16.8. The van der Waals surface area contributed by atoms with Crippen molar-refractivity contribution in [3.8, 4) is 0 Å². The summed E-state index contributed by atoms with van der Waals surface area (Å²) >= 11 is 3.16. The van der Waals surface area contributed by atoms with E-state index in [1.807, 2.05) is 51.5 Å².